The quantitative estimate of drug-likeness (QED) is 0.809. The summed E-state index contributed by atoms with van der Waals surface area (Å²) in [7, 11) is -3.99. The number of sulfonamides is 1. The van der Waals surface area contributed by atoms with Crippen LogP contribution in [0.25, 0.3) is 0 Å². The SMILES string of the molecule is CCC(C#N)(CC)NS(=O)(=O)c1c(Cl)cc(Br)cc1Cl. The Morgan fingerprint density at radius 2 is 1.75 bits per heavy atom. The summed E-state index contributed by atoms with van der Waals surface area (Å²) in [6.45, 7) is 3.47. The molecule has 0 bridgehead atoms. The fourth-order valence-electron chi connectivity index (χ4n) is 1.67. The Hall–Kier alpha value is -0.320. The molecule has 0 aromatic heterocycles. The maximum absolute atomic E-state index is 12.4. The van der Waals surface area contributed by atoms with Gasteiger partial charge in [-0.2, -0.15) is 9.98 Å². The van der Waals surface area contributed by atoms with Crippen LogP contribution in [-0.2, 0) is 10.0 Å². The van der Waals surface area contributed by atoms with Gasteiger partial charge >= 0.3 is 0 Å². The fraction of sp³-hybridized carbons (Fsp3) is 0.417. The number of halogens is 3. The van der Waals surface area contributed by atoms with E-state index in [0.29, 0.717) is 17.3 Å². The summed E-state index contributed by atoms with van der Waals surface area (Å²) < 4.78 is 27.8. The number of nitrogens with one attached hydrogen (secondary N) is 1. The van der Waals surface area contributed by atoms with Gasteiger partial charge in [0.2, 0.25) is 10.0 Å². The molecule has 0 atom stereocenters. The van der Waals surface area contributed by atoms with Crippen LogP contribution < -0.4 is 4.72 Å². The average Bonchev–Trinajstić information content (AvgIpc) is 2.34. The van der Waals surface area contributed by atoms with Gasteiger partial charge in [0.25, 0.3) is 0 Å². The Labute approximate surface area is 137 Å². The Morgan fingerprint density at radius 3 is 2.10 bits per heavy atom. The van der Waals surface area contributed by atoms with Crippen molar-refractivity contribution in [3.05, 3.63) is 26.7 Å². The van der Waals surface area contributed by atoms with Gasteiger partial charge in [-0.05, 0) is 25.0 Å². The molecule has 110 valence electrons. The van der Waals surface area contributed by atoms with E-state index in [0.717, 1.165) is 0 Å². The van der Waals surface area contributed by atoms with E-state index in [2.05, 4.69) is 20.7 Å². The predicted molar refractivity (Wildman–Crippen MR) is 83.4 cm³/mol. The first kappa shape index (κ1) is 17.7. The van der Waals surface area contributed by atoms with Crippen molar-refractivity contribution in [1.82, 2.24) is 4.72 Å². The van der Waals surface area contributed by atoms with E-state index in [-0.39, 0.29) is 14.9 Å². The first-order chi connectivity index (χ1) is 9.21. The molecule has 1 aromatic rings. The maximum Gasteiger partial charge on any atom is 0.244 e. The molecule has 1 rings (SSSR count). The summed E-state index contributed by atoms with van der Waals surface area (Å²) in [6.07, 6.45) is 0.677. The van der Waals surface area contributed by atoms with Gasteiger partial charge in [0.1, 0.15) is 10.4 Å². The van der Waals surface area contributed by atoms with Crippen LogP contribution in [0.15, 0.2) is 21.5 Å². The molecule has 0 unspecified atom stereocenters. The van der Waals surface area contributed by atoms with Crippen molar-refractivity contribution in [2.75, 3.05) is 0 Å². The molecular formula is C12H13BrCl2N2O2S. The molecule has 1 aromatic carbocycles. The second kappa shape index (κ2) is 6.63. The molecule has 0 heterocycles. The molecule has 0 amide bonds. The number of nitrogens with zero attached hydrogens (tertiary/aromatic N) is 1. The molecular weight excluding hydrogens is 387 g/mol. The minimum absolute atomic E-state index is 0.00378. The van der Waals surface area contributed by atoms with Gasteiger partial charge < -0.3 is 0 Å². The summed E-state index contributed by atoms with van der Waals surface area (Å²) in [6, 6.07) is 4.88. The van der Waals surface area contributed by atoms with E-state index in [1.807, 2.05) is 6.07 Å². The Morgan fingerprint density at radius 1 is 1.30 bits per heavy atom. The molecule has 0 spiro atoms. The smallest absolute Gasteiger partial charge is 0.207 e. The number of hydrogen-bond acceptors (Lipinski definition) is 3. The molecule has 0 saturated carbocycles. The van der Waals surface area contributed by atoms with Gasteiger partial charge in [0.05, 0.1) is 16.1 Å². The highest BCUT2D eigenvalue weighted by Gasteiger charge is 2.34. The third-order valence-electron chi connectivity index (χ3n) is 2.98. The van der Waals surface area contributed by atoms with Crippen LogP contribution >= 0.6 is 39.1 Å². The molecule has 8 heteroatoms. The first-order valence-electron chi connectivity index (χ1n) is 5.81. The molecule has 0 aliphatic rings. The Balaban J connectivity index is 3.36. The molecule has 1 N–H and O–H groups in total. The number of rotatable bonds is 5. The van der Waals surface area contributed by atoms with E-state index in [1.165, 1.54) is 12.1 Å². The zero-order valence-corrected chi connectivity index (χ0v) is 14.8. The first-order valence-corrected chi connectivity index (χ1v) is 8.84. The predicted octanol–water partition coefficient (Wildman–Crippen LogP) is 4.12. The highest BCUT2D eigenvalue weighted by molar-refractivity contribution is 9.10. The van der Waals surface area contributed by atoms with E-state index in [9.17, 15) is 13.7 Å². The lowest BCUT2D eigenvalue weighted by Crippen LogP contribution is -2.46. The number of nitriles is 1. The van der Waals surface area contributed by atoms with Crippen LogP contribution in [0.4, 0.5) is 0 Å². The monoisotopic (exact) mass is 398 g/mol. The van der Waals surface area contributed by atoms with E-state index >= 15 is 0 Å². The van der Waals surface area contributed by atoms with Gasteiger partial charge in [0.15, 0.2) is 0 Å². The molecule has 4 nitrogen and oxygen atoms in total. The maximum atomic E-state index is 12.4. The average molecular weight is 400 g/mol. The van der Waals surface area contributed by atoms with Gasteiger partial charge in [-0.1, -0.05) is 53.0 Å². The molecule has 0 saturated heterocycles. The van der Waals surface area contributed by atoms with Crippen molar-refractivity contribution in [3.63, 3.8) is 0 Å². The molecule has 0 aliphatic carbocycles. The zero-order chi connectivity index (χ0) is 15.6. The summed E-state index contributed by atoms with van der Waals surface area (Å²) in [5, 5.41) is 9.21. The van der Waals surface area contributed by atoms with Crippen molar-refractivity contribution < 1.29 is 8.42 Å². The van der Waals surface area contributed by atoms with Crippen LogP contribution in [0.5, 0.6) is 0 Å². The van der Waals surface area contributed by atoms with Gasteiger partial charge in [0, 0.05) is 4.47 Å². The lowest BCUT2D eigenvalue weighted by Gasteiger charge is -2.25. The van der Waals surface area contributed by atoms with Crippen LogP contribution in [0.2, 0.25) is 10.0 Å². The van der Waals surface area contributed by atoms with Crippen molar-refractivity contribution in [2.24, 2.45) is 0 Å². The van der Waals surface area contributed by atoms with Crippen LogP contribution in [0.1, 0.15) is 26.7 Å². The van der Waals surface area contributed by atoms with Crippen molar-refractivity contribution in [1.29, 1.82) is 5.26 Å². The number of hydrogen-bond donors (Lipinski definition) is 1. The summed E-state index contributed by atoms with van der Waals surface area (Å²) in [4.78, 5) is -0.217. The van der Waals surface area contributed by atoms with E-state index in [4.69, 9.17) is 23.2 Å². The summed E-state index contributed by atoms with van der Waals surface area (Å²) >= 11 is 15.1. The minimum Gasteiger partial charge on any atom is -0.207 e. The lowest BCUT2D eigenvalue weighted by molar-refractivity contribution is 0.446. The molecule has 0 radical (unpaired) electrons. The van der Waals surface area contributed by atoms with Crippen molar-refractivity contribution in [3.8, 4) is 6.07 Å². The highest BCUT2D eigenvalue weighted by Crippen LogP contribution is 2.33. The van der Waals surface area contributed by atoms with Crippen LogP contribution in [0, 0.1) is 11.3 Å². The van der Waals surface area contributed by atoms with Crippen LogP contribution in [0.3, 0.4) is 0 Å². The van der Waals surface area contributed by atoms with E-state index < -0.39 is 15.6 Å². The highest BCUT2D eigenvalue weighted by atomic mass is 79.9. The van der Waals surface area contributed by atoms with Gasteiger partial charge in [-0.3, -0.25) is 0 Å². The molecule has 0 aliphatic heterocycles. The summed E-state index contributed by atoms with van der Waals surface area (Å²) in [5.74, 6) is 0. The summed E-state index contributed by atoms with van der Waals surface area (Å²) in [5.41, 5.74) is -1.17. The Kier molecular flexibility index (Phi) is 5.88. The normalized spacial score (nSPS) is 12.2. The van der Waals surface area contributed by atoms with Crippen LogP contribution in [-0.4, -0.2) is 14.0 Å². The van der Waals surface area contributed by atoms with Crippen molar-refractivity contribution in [2.45, 2.75) is 37.1 Å². The third kappa shape index (κ3) is 3.66. The fourth-order valence-corrected chi connectivity index (χ4v) is 5.07. The second-order valence-electron chi connectivity index (χ2n) is 4.21. The zero-order valence-electron chi connectivity index (χ0n) is 10.9. The van der Waals surface area contributed by atoms with Gasteiger partial charge in [-0.15, -0.1) is 0 Å². The second-order valence-corrected chi connectivity index (χ2v) is 7.55. The minimum atomic E-state index is -3.99. The lowest BCUT2D eigenvalue weighted by atomic mass is 9.97. The molecule has 20 heavy (non-hydrogen) atoms. The topological polar surface area (TPSA) is 70.0 Å². The largest absolute Gasteiger partial charge is 0.244 e. The van der Waals surface area contributed by atoms with Gasteiger partial charge in [-0.25, -0.2) is 8.42 Å². The third-order valence-corrected chi connectivity index (χ3v) is 5.90. The van der Waals surface area contributed by atoms with E-state index in [1.54, 1.807) is 13.8 Å². The molecule has 0 fully saturated rings. The standard InChI is InChI=1S/C12H13BrCl2N2O2S/c1-3-12(4-2,7-16)17-20(18,19)11-9(14)5-8(13)6-10(11)15/h5-6,17H,3-4H2,1-2H3. The Bertz CT molecular complexity index is 629. The van der Waals surface area contributed by atoms with Crippen molar-refractivity contribution >= 4 is 49.2 Å². The number of benzene rings is 1.